The number of nitrogens with one attached hydrogen (secondary N) is 1. The number of likely N-dealkylation sites (tertiary alicyclic amines) is 1. The maximum Gasteiger partial charge on any atom is 0.255 e. The first-order valence-corrected chi connectivity index (χ1v) is 11.4. The number of nitriles is 1. The van der Waals surface area contributed by atoms with E-state index in [1.165, 1.54) is 7.11 Å². The van der Waals surface area contributed by atoms with E-state index in [1.807, 2.05) is 61.4 Å². The molecule has 0 aliphatic carbocycles. The summed E-state index contributed by atoms with van der Waals surface area (Å²) in [5.74, 6) is -0.147. The lowest BCUT2D eigenvalue weighted by atomic mass is 9.92. The topological polar surface area (TPSA) is 85.7 Å². The summed E-state index contributed by atoms with van der Waals surface area (Å²) < 4.78 is 5.48. The molecule has 2 aliphatic heterocycles. The highest BCUT2D eigenvalue weighted by atomic mass is 16.5. The van der Waals surface area contributed by atoms with Crippen LogP contribution in [-0.4, -0.2) is 62.7 Å². The second kappa shape index (κ2) is 9.41. The van der Waals surface area contributed by atoms with Crippen molar-refractivity contribution in [2.24, 2.45) is 0 Å². The largest absolute Gasteiger partial charge is 0.366 e. The first-order chi connectivity index (χ1) is 16.3. The second-order valence-corrected chi connectivity index (χ2v) is 9.12. The molecule has 0 spiro atoms. The van der Waals surface area contributed by atoms with Crippen LogP contribution in [0.3, 0.4) is 0 Å². The molecule has 34 heavy (non-hydrogen) atoms. The number of amides is 2. The molecule has 7 heteroatoms. The Hall–Kier alpha value is -3.47. The van der Waals surface area contributed by atoms with E-state index in [-0.39, 0.29) is 11.8 Å². The second-order valence-electron chi connectivity index (χ2n) is 9.12. The third kappa shape index (κ3) is 4.35. The van der Waals surface area contributed by atoms with Gasteiger partial charge in [0, 0.05) is 39.4 Å². The van der Waals surface area contributed by atoms with E-state index in [9.17, 15) is 14.9 Å². The van der Waals surface area contributed by atoms with Gasteiger partial charge in [-0.2, -0.15) is 5.26 Å². The summed E-state index contributed by atoms with van der Waals surface area (Å²) in [5, 5.41) is 12.6. The van der Waals surface area contributed by atoms with Gasteiger partial charge in [-0.05, 0) is 53.9 Å². The van der Waals surface area contributed by atoms with Crippen LogP contribution in [0.1, 0.15) is 23.6 Å². The molecule has 0 radical (unpaired) electrons. The predicted octanol–water partition coefficient (Wildman–Crippen LogP) is 2.79. The highest BCUT2D eigenvalue weighted by molar-refractivity contribution is 6.01. The predicted molar refractivity (Wildman–Crippen MR) is 132 cm³/mol. The number of allylic oxidation sites excluding steroid dienone is 1. The number of likely N-dealkylation sites (N-methyl/N-ethyl adjacent to an activating group) is 2. The van der Waals surface area contributed by atoms with Crippen molar-refractivity contribution in [2.45, 2.75) is 31.4 Å². The monoisotopic (exact) mass is 458 g/mol. The Morgan fingerprint density at radius 1 is 1.24 bits per heavy atom. The van der Waals surface area contributed by atoms with Crippen molar-refractivity contribution < 1.29 is 14.3 Å². The third-order valence-corrected chi connectivity index (χ3v) is 6.73. The summed E-state index contributed by atoms with van der Waals surface area (Å²) in [5.41, 5.74) is 5.12. The SMILES string of the molecule is C/C=C/c1cc(-c2ccc3c(c2)N(C)C(=O)C3)ccc1C[C@@H](C#N)NC(=O)C1(OC)CN(C)C1. The van der Waals surface area contributed by atoms with E-state index in [0.29, 0.717) is 25.9 Å². The normalized spacial score (nSPS) is 17.9. The van der Waals surface area contributed by atoms with Gasteiger partial charge in [0.05, 0.1) is 12.5 Å². The molecule has 1 N–H and O–H groups in total. The van der Waals surface area contributed by atoms with Crippen LogP contribution < -0.4 is 10.2 Å². The molecule has 2 aromatic carbocycles. The van der Waals surface area contributed by atoms with Gasteiger partial charge < -0.3 is 15.0 Å². The van der Waals surface area contributed by atoms with Crippen LogP contribution in [-0.2, 0) is 27.2 Å². The fraction of sp³-hybridized carbons (Fsp3) is 0.370. The Morgan fingerprint density at radius 2 is 1.94 bits per heavy atom. The standard InChI is InChI=1S/C27H30N4O3/c1-5-6-18-11-19(21-9-10-22-14-25(32)31(3)24(22)13-21)7-8-20(18)12-23(15-28)29-26(33)27(34-4)16-30(2)17-27/h5-11,13,23H,12,14,16-17H2,1-4H3,(H,29,33)/b6-5+/t23-/m0/s1. The molecule has 0 unspecified atom stereocenters. The van der Waals surface area contributed by atoms with Crippen molar-refractivity contribution in [3.63, 3.8) is 0 Å². The quantitative estimate of drug-likeness (QED) is 0.690. The number of methoxy groups -OCH3 is 1. The van der Waals surface area contributed by atoms with Crippen LogP contribution in [0.25, 0.3) is 17.2 Å². The number of hydrogen-bond acceptors (Lipinski definition) is 5. The van der Waals surface area contributed by atoms with Crippen LogP contribution in [0.2, 0.25) is 0 Å². The molecule has 7 nitrogen and oxygen atoms in total. The Balaban J connectivity index is 1.56. The highest BCUT2D eigenvalue weighted by Crippen LogP contribution is 2.33. The van der Waals surface area contributed by atoms with Crippen molar-refractivity contribution in [3.05, 3.63) is 59.2 Å². The Kier molecular flexibility index (Phi) is 6.56. The van der Waals surface area contributed by atoms with E-state index >= 15 is 0 Å². The van der Waals surface area contributed by atoms with Gasteiger partial charge in [0.25, 0.3) is 5.91 Å². The van der Waals surface area contributed by atoms with Gasteiger partial charge in [0.15, 0.2) is 5.60 Å². The van der Waals surface area contributed by atoms with Crippen molar-refractivity contribution in [1.82, 2.24) is 10.2 Å². The van der Waals surface area contributed by atoms with Crippen molar-refractivity contribution in [3.8, 4) is 17.2 Å². The van der Waals surface area contributed by atoms with Crippen molar-refractivity contribution in [2.75, 3.05) is 39.2 Å². The van der Waals surface area contributed by atoms with Crippen molar-refractivity contribution >= 4 is 23.6 Å². The minimum atomic E-state index is -0.887. The highest BCUT2D eigenvalue weighted by Gasteiger charge is 2.48. The summed E-state index contributed by atoms with van der Waals surface area (Å²) >= 11 is 0. The molecule has 1 fully saturated rings. The van der Waals surface area contributed by atoms with Crippen molar-refractivity contribution in [1.29, 1.82) is 5.26 Å². The third-order valence-electron chi connectivity index (χ3n) is 6.73. The number of fused-ring (bicyclic) bond motifs is 1. The number of benzene rings is 2. The van der Waals surface area contributed by atoms with Gasteiger partial charge in [-0.3, -0.25) is 14.5 Å². The lowest BCUT2D eigenvalue weighted by Gasteiger charge is -2.45. The van der Waals surface area contributed by atoms with E-state index in [2.05, 4.69) is 17.5 Å². The number of anilines is 1. The molecule has 2 amide bonds. The van der Waals surface area contributed by atoms with Crippen LogP contribution in [0.15, 0.2) is 42.5 Å². The van der Waals surface area contributed by atoms with E-state index < -0.39 is 11.6 Å². The van der Waals surface area contributed by atoms with Gasteiger partial charge in [0.2, 0.25) is 5.91 Å². The van der Waals surface area contributed by atoms with Gasteiger partial charge in [-0.25, -0.2) is 0 Å². The van der Waals surface area contributed by atoms with Crippen LogP contribution in [0.4, 0.5) is 5.69 Å². The lowest BCUT2D eigenvalue weighted by molar-refractivity contribution is -0.164. The van der Waals surface area contributed by atoms with Crippen LogP contribution in [0.5, 0.6) is 0 Å². The molecule has 0 saturated carbocycles. The fourth-order valence-corrected chi connectivity index (χ4v) is 4.75. The number of hydrogen-bond donors (Lipinski definition) is 1. The smallest absolute Gasteiger partial charge is 0.255 e. The van der Waals surface area contributed by atoms with E-state index in [1.54, 1.807) is 11.9 Å². The Bertz CT molecular complexity index is 1190. The molecule has 2 aromatic rings. The minimum absolute atomic E-state index is 0.102. The first kappa shape index (κ1) is 23.7. The number of ether oxygens (including phenoxy) is 1. The number of nitrogens with zero attached hydrogens (tertiary/aromatic N) is 3. The summed E-state index contributed by atoms with van der Waals surface area (Å²) in [4.78, 5) is 28.6. The molecule has 2 aliphatic rings. The maximum atomic E-state index is 12.8. The molecular weight excluding hydrogens is 428 g/mol. The van der Waals surface area contributed by atoms with Gasteiger partial charge in [-0.15, -0.1) is 0 Å². The minimum Gasteiger partial charge on any atom is -0.366 e. The summed E-state index contributed by atoms with van der Waals surface area (Å²) in [6.07, 6.45) is 4.80. The molecule has 1 saturated heterocycles. The van der Waals surface area contributed by atoms with E-state index in [0.717, 1.165) is 33.5 Å². The average molecular weight is 459 g/mol. The zero-order valence-electron chi connectivity index (χ0n) is 20.1. The van der Waals surface area contributed by atoms with Crippen LogP contribution in [0, 0.1) is 11.3 Å². The lowest BCUT2D eigenvalue weighted by Crippen LogP contribution is -2.69. The van der Waals surface area contributed by atoms with Gasteiger partial charge >= 0.3 is 0 Å². The Morgan fingerprint density at radius 3 is 2.59 bits per heavy atom. The van der Waals surface area contributed by atoms with Gasteiger partial charge in [-0.1, -0.05) is 36.4 Å². The number of carbonyl (C=O) groups is 2. The zero-order valence-corrected chi connectivity index (χ0v) is 20.1. The maximum absolute atomic E-state index is 12.8. The van der Waals surface area contributed by atoms with E-state index in [4.69, 9.17) is 4.74 Å². The summed E-state index contributed by atoms with van der Waals surface area (Å²) in [6, 6.07) is 13.8. The summed E-state index contributed by atoms with van der Waals surface area (Å²) in [7, 11) is 5.26. The molecule has 0 aromatic heterocycles. The molecular formula is C27H30N4O3. The summed E-state index contributed by atoms with van der Waals surface area (Å²) in [6.45, 7) is 2.96. The first-order valence-electron chi connectivity index (χ1n) is 11.4. The number of rotatable bonds is 7. The zero-order chi connectivity index (χ0) is 24.5. The number of carbonyl (C=O) groups excluding carboxylic acids is 2. The Labute approximate surface area is 200 Å². The average Bonchev–Trinajstić information content (AvgIpc) is 3.10. The molecule has 0 bridgehead atoms. The van der Waals surface area contributed by atoms with Crippen LogP contribution >= 0.6 is 0 Å². The van der Waals surface area contributed by atoms with Gasteiger partial charge in [0.1, 0.15) is 6.04 Å². The molecule has 2 heterocycles. The molecule has 4 rings (SSSR count). The molecule has 1 atom stereocenters. The molecule has 176 valence electrons. The fourth-order valence-electron chi connectivity index (χ4n) is 4.75.